The van der Waals surface area contributed by atoms with E-state index >= 15 is 0 Å². The smallest absolute Gasteiger partial charge is 0.136 e. The van der Waals surface area contributed by atoms with Crippen LogP contribution in [-0.4, -0.2) is 7.11 Å². The Morgan fingerprint density at radius 3 is 2.69 bits per heavy atom. The Balaban J connectivity index is 3.22. The lowest BCUT2D eigenvalue weighted by Gasteiger charge is -2.04. The van der Waals surface area contributed by atoms with Crippen LogP contribution in [0.5, 0.6) is 5.75 Å². The van der Waals surface area contributed by atoms with Gasteiger partial charge in [-0.1, -0.05) is 12.1 Å². The maximum atomic E-state index is 8.82. The second-order valence-corrected chi connectivity index (χ2v) is 2.44. The Morgan fingerprint density at radius 1 is 1.38 bits per heavy atom. The third kappa shape index (κ3) is 1.77. The molecule has 0 aliphatic rings. The zero-order chi connectivity index (χ0) is 9.68. The van der Waals surface area contributed by atoms with Gasteiger partial charge in [0.15, 0.2) is 0 Å². The van der Waals surface area contributed by atoms with Crippen molar-refractivity contribution in [3.05, 3.63) is 29.3 Å². The summed E-state index contributed by atoms with van der Waals surface area (Å²) in [6, 6.07) is 9.26. The van der Waals surface area contributed by atoms with Gasteiger partial charge >= 0.3 is 0 Å². The summed E-state index contributed by atoms with van der Waals surface area (Å²) < 4.78 is 4.99. The molecule has 64 valence electrons. The number of ether oxygens (including phenoxy) is 1. The van der Waals surface area contributed by atoms with Gasteiger partial charge in [0.05, 0.1) is 25.2 Å². The molecule has 3 heteroatoms. The molecule has 0 bridgehead atoms. The molecule has 0 aliphatic carbocycles. The molecule has 0 spiro atoms. The van der Waals surface area contributed by atoms with Gasteiger partial charge in [-0.25, -0.2) is 0 Å². The van der Waals surface area contributed by atoms with E-state index in [-0.39, 0.29) is 6.42 Å². The second-order valence-electron chi connectivity index (χ2n) is 2.44. The monoisotopic (exact) mass is 172 g/mol. The average Bonchev–Trinajstić information content (AvgIpc) is 2.18. The fraction of sp³-hybridized carbons (Fsp3) is 0.200. The zero-order valence-corrected chi connectivity index (χ0v) is 7.24. The van der Waals surface area contributed by atoms with Crippen molar-refractivity contribution in [3.8, 4) is 17.9 Å². The Labute approximate surface area is 76.8 Å². The van der Waals surface area contributed by atoms with E-state index in [9.17, 15) is 0 Å². The van der Waals surface area contributed by atoms with Crippen LogP contribution in [0.25, 0.3) is 0 Å². The van der Waals surface area contributed by atoms with E-state index in [1.807, 2.05) is 12.1 Å². The molecule has 1 aromatic rings. The SMILES string of the molecule is COc1cccc(CC#N)c1C#N. The van der Waals surface area contributed by atoms with Crippen LogP contribution in [0.3, 0.4) is 0 Å². The molecule has 0 heterocycles. The highest BCUT2D eigenvalue weighted by atomic mass is 16.5. The summed E-state index contributed by atoms with van der Waals surface area (Å²) in [6.45, 7) is 0. The highest BCUT2D eigenvalue weighted by Gasteiger charge is 2.06. The number of rotatable bonds is 2. The van der Waals surface area contributed by atoms with Gasteiger partial charge < -0.3 is 4.74 Å². The number of benzene rings is 1. The highest BCUT2D eigenvalue weighted by molar-refractivity contribution is 5.49. The minimum absolute atomic E-state index is 0.236. The molecular weight excluding hydrogens is 164 g/mol. The number of methoxy groups -OCH3 is 1. The molecule has 1 aromatic carbocycles. The number of hydrogen-bond donors (Lipinski definition) is 0. The highest BCUT2D eigenvalue weighted by Crippen LogP contribution is 2.21. The van der Waals surface area contributed by atoms with E-state index in [0.717, 1.165) is 0 Å². The maximum absolute atomic E-state index is 8.82. The molecule has 0 fully saturated rings. The van der Waals surface area contributed by atoms with Crippen LogP contribution in [0, 0.1) is 22.7 Å². The topological polar surface area (TPSA) is 56.8 Å². The van der Waals surface area contributed by atoms with Crippen LogP contribution >= 0.6 is 0 Å². The first-order chi connectivity index (χ1) is 6.33. The molecule has 13 heavy (non-hydrogen) atoms. The molecule has 0 unspecified atom stereocenters. The molecular formula is C10H8N2O. The molecule has 0 N–H and O–H groups in total. The zero-order valence-electron chi connectivity index (χ0n) is 7.24. The molecule has 0 saturated carbocycles. The summed E-state index contributed by atoms with van der Waals surface area (Å²) in [5.41, 5.74) is 1.16. The van der Waals surface area contributed by atoms with E-state index in [0.29, 0.717) is 16.9 Å². The summed E-state index contributed by atoms with van der Waals surface area (Å²) in [5, 5.41) is 17.3. The van der Waals surface area contributed by atoms with Crippen molar-refractivity contribution < 1.29 is 4.74 Å². The van der Waals surface area contributed by atoms with Gasteiger partial charge in [0, 0.05) is 0 Å². The van der Waals surface area contributed by atoms with Gasteiger partial charge in [0.2, 0.25) is 0 Å². The standard InChI is InChI=1S/C10H8N2O/c1-13-10-4-2-3-8(5-6-11)9(10)7-12/h2-4H,5H2,1H3. The van der Waals surface area contributed by atoms with E-state index in [4.69, 9.17) is 15.3 Å². The molecule has 0 aliphatic heterocycles. The van der Waals surface area contributed by atoms with Crippen molar-refractivity contribution in [2.75, 3.05) is 7.11 Å². The minimum atomic E-state index is 0.236. The molecule has 0 aromatic heterocycles. The van der Waals surface area contributed by atoms with Crippen molar-refractivity contribution in [3.63, 3.8) is 0 Å². The van der Waals surface area contributed by atoms with Gasteiger partial charge in [0.1, 0.15) is 11.8 Å². The third-order valence-corrected chi connectivity index (χ3v) is 1.71. The van der Waals surface area contributed by atoms with Crippen molar-refractivity contribution in [2.24, 2.45) is 0 Å². The van der Waals surface area contributed by atoms with Gasteiger partial charge in [-0.15, -0.1) is 0 Å². The van der Waals surface area contributed by atoms with Crippen LogP contribution in [0.2, 0.25) is 0 Å². The first-order valence-electron chi connectivity index (χ1n) is 3.76. The summed E-state index contributed by atoms with van der Waals surface area (Å²) in [6.07, 6.45) is 0.236. The van der Waals surface area contributed by atoms with Gasteiger partial charge in [-0.2, -0.15) is 10.5 Å². The summed E-state index contributed by atoms with van der Waals surface area (Å²) in [7, 11) is 1.51. The second kappa shape index (κ2) is 4.13. The molecule has 0 saturated heterocycles. The van der Waals surface area contributed by atoms with Gasteiger partial charge in [0.25, 0.3) is 0 Å². The molecule has 1 rings (SSSR count). The van der Waals surface area contributed by atoms with Crippen LogP contribution in [0.15, 0.2) is 18.2 Å². The predicted octanol–water partition coefficient (Wildman–Crippen LogP) is 1.63. The molecule has 0 atom stereocenters. The average molecular weight is 172 g/mol. The maximum Gasteiger partial charge on any atom is 0.136 e. The quantitative estimate of drug-likeness (QED) is 0.681. The van der Waals surface area contributed by atoms with E-state index < -0.39 is 0 Å². The van der Waals surface area contributed by atoms with Gasteiger partial charge in [-0.05, 0) is 11.6 Å². The van der Waals surface area contributed by atoms with Crippen LogP contribution in [0.1, 0.15) is 11.1 Å². The lowest BCUT2D eigenvalue weighted by molar-refractivity contribution is 0.413. The molecule has 0 amide bonds. The Kier molecular flexibility index (Phi) is 2.89. The normalized spacial score (nSPS) is 8.54. The van der Waals surface area contributed by atoms with Crippen molar-refractivity contribution >= 4 is 0 Å². The van der Waals surface area contributed by atoms with Crippen LogP contribution in [-0.2, 0) is 6.42 Å². The van der Waals surface area contributed by atoms with E-state index in [2.05, 4.69) is 0 Å². The lowest BCUT2D eigenvalue weighted by atomic mass is 10.1. The Morgan fingerprint density at radius 2 is 2.15 bits per heavy atom. The first kappa shape index (κ1) is 9.09. The number of nitriles is 2. The lowest BCUT2D eigenvalue weighted by Crippen LogP contribution is -1.93. The summed E-state index contributed by atoms with van der Waals surface area (Å²) >= 11 is 0. The minimum Gasteiger partial charge on any atom is -0.495 e. The van der Waals surface area contributed by atoms with Crippen molar-refractivity contribution in [2.45, 2.75) is 6.42 Å². The molecule has 3 nitrogen and oxygen atoms in total. The Hall–Kier alpha value is -2.00. The van der Waals surface area contributed by atoms with Crippen molar-refractivity contribution in [1.82, 2.24) is 0 Å². The molecule has 0 radical (unpaired) electrons. The van der Waals surface area contributed by atoms with Crippen LogP contribution in [0.4, 0.5) is 0 Å². The van der Waals surface area contributed by atoms with Gasteiger partial charge in [-0.3, -0.25) is 0 Å². The van der Waals surface area contributed by atoms with E-state index in [1.54, 1.807) is 18.2 Å². The number of nitrogens with zero attached hydrogens (tertiary/aromatic N) is 2. The predicted molar refractivity (Wildman–Crippen MR) is 47.0 cm³/mol. The first-order valence-corrected chi connectivity index (χ1v) is 3.76. The van der Waals surface area contributed by atoms with Crippen LogP contribution < -0.4 is 4.74 Å². The summed E-state index contributed by atoms with van der Waals surface area (Å²) in [5.74, 6) is 0.523. The third-order valence-electron chi connectivity index (χ3n) is 1.71. The largest absolute Gasteiger partial charge is 0.495 e. The fourth-order valence-electron chi connectivity index (χ4n) is 1.11. The van der Waals surface area contributed by atoms with Crippen molar-refractivity contribution in [1.29, 1.82) is 10.5 Å². The Bertz CT molecular complexity index is 385. The number of hydrogen-bond acceptors (Lipinski definition) is 3. The summed E-state index contributed by atoms with van der Waals surface area (Å²) in [4.78, 5) is 0. The fourth-order valence-corrected chi connectivity index (χ4v) is 1.11. The van der Waals surface area contributed by atoms with E-state index in [1.165, 1.54) is 7.11 Å².